The Labute approximate surface area is 425 Å². The Balaban J connectivity index is 4.24. The molecule has 0 bridgehead atoms. The van der Waals surface area contributed by atoms with Gasteiger partial charge < -0.3 is 14.2 Å². The predicted molar refractivity (Wildman–Crippen MR) is 293 cm³/mol. The minimum absolute atomic E-state index is 0.0635. The van der Waals surface area contributed by atoms with Crippen molar-refractivity contribution in [3.8, 4) is 0 Å². The Kier molecular flexibility index (Phi) is 52.0. The maximum atomic E-state index is 12.9. The summed E-state index contributed by atoms with van der Waals surface area (Å²) in [7, 11) is 0. The van der Waals surface area contributed by atoms with Gasteiger partial charge in [0.2, 0.25) is 0 Å². The van der Waals surface area contributed by atoms with Crippen LogP contribution >= 0.6 is 0 Å². The van der Waals surface area contributed by atoms with Crippen molar-refractivity contribution in [1.82, 2.24) is 0 Å². The van der Waals surface area contributed by atoms with E-state index in [2.05, 4.69) is 41.5 Å². The minimum Gasteiger partial charge on any atom is -0.462 e. The lowest BCUT2D eigenvalue weighted by Crippen LogP contribution is -2.30. The molecule has 6 nitrogen and oxygen atoms in total. The van der Waals surface area contributed by atoms with E-state index in [9.17, 15) is 14.4 Å². The summed E-state index contributed by atoms with van der Waals surface area (Å²) < 4.78 is 16.9. The van der Waals surface area contributed by atoms with Crippen molar-refractivity contribution in [2.24, 2.45) is 17.8 Å². The second-order valence-electron chi connectivity index (χ2n) is 22.5. The number of carbonyl (C=O) groups excluding carboxylic acids is 3. The van der Waals surface area contributed by atoms with Crippen LogP contribution in [0.15, 0.2) is 0 Å². The van der Waals surface area contributed by atoms with Crippen LogP contribution in [0.25, 0.3) is 0 Å². The molecule has 0 aromatic carbocycles. The van der Waals surface area contributed by atoms with Crippen molar-refractivity contribution in [2.75, 3.05) is 13.2 Å². The van der Waals surface area contributed by atoms with E-state index in [4.69, 9.17) is 14.2 Å². The van der Waals surface area contributed by atoms with Gasteiger partial charge in [0.15, 0.2) is 6.10 Å². The van der Waals surface area contributed by atoms with Crippen molar-refractivity contribution < 1.29 is 28.6 Å². The van der Waals surface area contributed by atoms with Crippen LogP contribution in [-0.2, 0) is 28.6 Å². The number of hydrogen-bond donors (Lipinski definition) is 0. The molecule has 0 aliphatic heterocycles. The zero-order chi connectivity index (χ0) is 49.8. The molecule has 0 heterocycles. The Bertz CT molecular complexity index is 1060. The van der Waals surface area contributed by atoms with Crippen LogP contribution < -0.4 is 0 Å². The van der Waals surface area contributed by atoms with E-state index in [1.807, 2.05) is 0 Å². The van der Waals surface area contributed by atoms with Gasteiger partial charge in [0, 0.05) is 19.3 Å². The number of ether oxygens (including phenoxy) is 3. The van der Waals surface area contributed by atoms with Crippen LogP contribution in [0.4, 0.5) is 0 Å². The summed E-state index contributed by atoms with van der Waals surface area (Å²) in [4.78, 5) is 38.2. The van der Waals surface area contributed by atoms with Gasteiger partial charge in [-0.1, -0.05) is 305 Å². The maximum Gasteiger partial charge on any atom is 0.306 e. The molecule has 0 N–H and O–H groups in total. The molecule has 0 rings (SSSR count). The van der Waals surface area contributed by atoms with E-state index < -0.39 is 6.10 Å². The first kappa shape index (κ1) is 66.4. The van der Waals surface area contributed by atoms with Crippen LogP contribution in [0.2, 0.25) is 0 Å². The van der Waals surface area contributed by atoms with Gasteiger partial charge in [0.1, 0.15) is 13.2 Å². The zero-order valence-corrected chi connectivity index (χ0v) is 46.9. The first-order chi connectivity index (χ1) is 33.1. The summed E-state index contributed by atoms with van der Waals surface area (Å²) in [5.74, 6) is 1.71. The van der Waals surface area contributed by atoms with Gasteiger partial charge in [-0.05, 0) is 37.0 Å². The fourth-order valence-corrected chi connectivity index (χ4v) is 9.50. The largest absolute Gasteiger partial charge is 0.462 e. The molecule has 1 unspecified atom stereocenters. The molecule has 0 spiro atoms. The van der Waals surface area contributed by atoms with Gasteiger partial charge in [0.25, 0.3) is 0 Å². The van der Waals surface area contributed by atoms with Crippen molar-refractivity contribution in [2.45, 2.75) is 349 Å². The zero-order valence-electron chi connectivity index (χ0n) is 46.9. The summed E-state index contributed by atoms with van der Waals surface area (Å²) in [5.41, 5.74) is 0. The van der Waals surface area contributed by atoms with Crippen molar-refractivity contribution >= 4 is 17.9 Å². The Morgan fingerprint density at radius 3 is 0.765 bits per heavy atom. The molecule has 0 fully saturated rings. The smallest absolute Gasteiger partial charge is 0.306 e. The fourth-order valence-electron chi connectivity index (χ4n) is 9.50. The number of esters is 3. The molecule has 0 aliphatic rings. The topological polar surface area (TPSA) is 78.9 Å². The predicted octanol–water partition coefficient (Wildman–Crippen LogP) is 20.3. The van der Waals surface area contributed by atoms with Gasteiger partial charge in [-0.3, -0.25) is 14.4 Å². The highest BCUT2D eigenvalue weighted by Gasteiger charge is 2.19. The van der Waals surface area contributed by atoms with Crippen LogP contribution in [0.5, 0.6) is 0 Å². The van der Waals surface area contributed by atoms with Gasteiger partial charge in [-0.2, -0.15) is 0 Å². The maximum absolute atomic E-state index is 12.9. The lowest BCUT2D eigenvalue weighted by atomic mass is 9.99. The van der Waals surface area contributed by atoms with Gasteiger partial charge in [-0.25, -0.2) is 0 Å². The normalized spacial score (nSPS) is 12.5. The molecule has 0 aromatic heterocycles. The van der Waals surface area contributed by atoms with Crippen LogP contribution in [-0.4, -0.2) is 37.2 Å². The molecule has 0 saturated carbocycles. The molecule has 0 radical (unpaired) electrons. The van der Waals surface area contributed by atoms with Gasteiger partial charge >= 0.3 is 17.9 Å². The fraction of sp³-hybridized carbons (Fsp3) is 0.952. The Morgan fingerprint density at radius 1 is 0.294 bits per heavy atom. The summed E-state index contributed by atoms with van der Waals surface area (Å²) in [6.45, 7) is 13.8. The van der Waals surface area contributed by atoms with Crippen molar-refractivity contribution in [3.63, 3.8) is 0 Å². The number of hydrogen-bond acceptors (Lipinski definition) is 6. The standard InChI is InChI=1S/C62H120O6/c1-7-58(6)50-44-38-32-25-21-17-14-15-18-22-26-33-39-45-51-60(63)66-54-59(55-67-61(64)52-46-40-34-29-28-31-37-43-49-57(4)5)68-62(65)53-47-41-35-27-23-19-13-11-9-8-10-12-16-20-24-30-36-42-48-56(2)3/h56-59H,7-55H2,1-6H3/t58?,59-/m0/s1. The third-order valence-corrected chi connectivity index (χ3v) is 14.5. The molecule has 6 heteroatoms. The highest BCUT2D eigenvalue weighted by Crippen LogP contribution is 2.19. The molecule has 0 aliphatic carbocycles. The van der Waals surface area contributed by atoms with E-state index in [1.54, 1.807) is 0 Å². The van der Waals surface area contributed by atoms with E-state index in [0.29, 0.717) is 19.3 Å². The third-order valence-electron chi connectivity index (χ3n) is 14.5. The van der Waals surface area contributed by atoms with Crippen molar-refractivity contribution in [1.29, 1.82) is 0 Å². The first-order valence-corrected chi connectivity index (χ1v) is 30.6. The highest BCUT2D eigenvalue weighted by molar-refractivity contribution is 5.71. The Hall–Kier alpha value is -1.59. The van der Waals surface area contributed by atoms with E-state index in [0.717, 1.165) is 75.5 Å². The summed E-state index contributed by atoms with van der Waals surface area (Å²) in [6.07, 6.45) is 56.7. The lowest BCUT2D eigenvalue weighted by Gasteiger charge is -2.18. The summed E-state index contributed by atoms with van der Waals surface area (Å²) in [5, 5.41) is 0. The van der Waals surface area contributed by atoms with Crippen LogP contribution in [0.3, 0.4) is 0 Å². The van der Waals surface area contributed by atoms with E-state index in [-0.39, 0.29) is 31.1 Å². The average molecular weight is 962 g/mol. The van der Waals surface area contributed by atoms with Crippen LogP contribution in [0, 0.1) is 17.8 Å². The highest BCUT2D eigenvalue weighted by atomic mass is 16.6. The second kappa shape index (κ2) is 53.2. The number of unbranched alkanes of at least 4 members (excludes halogenated alkanes) is 37. The Morgan fingerprint density at radius 2 is 0.515 bits per heavy atom. The minimum atomic E-state index is -0.764. The molecule has 0 amide bonds. The summed E-state index contributed by atoms with van der Waals surface area (Å²) >= 11 is 0. The average Bonchev–Trinajstić information content (AvgIpc) is 3.31. The number of carbonyl (C=O) groups is 3. The van der Waals surface area contributed by atoms with E-state index in [1.165, 1.54) is 225 Å². The van der Waals surface area contributed by atoms with Crippen molar-refractivity contribution in [3.05, 3.63) is 0 Å². The molecule has 0 aromatic rings. The lowest BCUT2D eigenvalue weighted by molar-refractivity contribution is -0.167. The molecule has 0 saturated heterocycles. The molecular weight excluding hydrogens is 841 g/mol. The third kappa shape index (κ3) is 53.8. The van der Waals surface area contributed by atoms with Gasteiger partial charge in [-0.15, -0.1) is 0 Å². The molecular formula is C62H120O6. The SMILES string of the molecule is CCC(C)CCCCCCCCCCCCCCCCC(=O)OC[C@@H](COC(=O)CCCCCCCCCCC(C)C)OC(=O)CCCCCCCCCCCCCCCCCCCCC(C)C. The second-order valence-corrected chi connectivity index (χ2v) is 22.5. The van der Waals surface area contributed by atoms with Gasteiger partial charge in [0.05, 0.1) is 0 Å². The molecule has 2 atom stereocenters. The first-order valence-electron chi connectivity index (χ1n) is 30.6. The summed E-state index contributed by atoms with van der Waals surface area (Å²) in [6, 6.07) is 0. The van der Waals surface area contributed by atoms with Crippen LogP contribution in [0.1, 0.15) is 343 Å². The quantitative estimate of drug-likeness (QED) is 0.0343. The molecule has 68 heavy (non-hydrogen) atoms. The molecule has 404 valence electrons. The van der Waals surface area contributed by atoms with E-state index >= 15 is 0 Å². The number of rotatable bonds is 55. The monoisotopic (exact) mass is 961 g/mol.